The van der Waals surface area contributed by atoms with Gasteiger partial charge in [-0.15, -0.1) is 0 Å². The van der Waals surface area contributed by atoms with E-state index < -0.39 is 10.0 Å². The number of benzene rings is 1. The van der Waals surface area contributed by atoms with Crippen LogP contribution in [0.1, 0.15) is 29.0 Å². The molecule has 1 amide bonds. The first-order valence-corrected chi connectivity index (χ1v) is 10.8. The van der Waals surface area contributed by atoms with Crippen LogP contribution < -0.4 is 5.32 Å². The number of halogens is 1. The summed E-state index contributed by atoms with van der Waals surface area (Å²) >= 11 is 3.39. The third-order valence-corrected chi connectivity index (χ3v) is 6.93. The molecule has 0 aliphatic carbocycles. The van der Waals surface area contributed by atoms with E-state index in [1.54, 1.807) is 7.05 Å². The number of carbonyl (C=O) groups is 1. The lowest BCUT2D eigenvalue weighted by Gasteiger charge is -2.25. The van der Waals surface area contributed by atoms with Crippen molar-refractivity contribution in [2.24, 2.45) is 7.05 Å². The number of morpholine rings is 1. The Kier molecular flexibility index (Phi) is 6.05. The number of aromatic nitrogens is 1. The number of hydrogen-bond acceptors (Lipinski definition) is 4. The second-order valence-electron chi connectivity index (χ2n) is 6.44. The van der Waals surface area contributed by atoms with E-state index in [-0.39, 0.29) is 16.8 Å². The lowest BCUT2D eigenvalue weighted by atomic mass is 10.1. The van der Waals surface area contributed by atoms with Crippen molar-refractivity contribution in [3.63, 3.8) is 0 Å². The average Bonchev–Trinajstić information content (AvgIpc) is 3.05. The lowest BCUT2D eigenvalue weighted by molar-refractivity contribution is 0.0730. The zero-order valence-electron chi connectivity index (χ0n) is 15.2. The summed E-state index contributed by atoms with van der Waals surface area (Å²) in [6.45, 7) is 3.28. The number of aryl methyl sites for hydroxylation is 1. The van der Waals surface area contributed by atoms with E-state index in [4.69, 9.17) is 4.74 Å². The topological polar surface area (TPSA) is 80.6 Å². The monoisotopic (exact) mass is 455 g/mol. The van der Waals surface area contributed by atoms with Crippen molar-refractivity contribution in [2.75, 3.05) is 26.3 Å². The molecule has 3 rings (SSSR count). The Hall–Kier alpha value is -1.68. The van der Waals surface area contributed by atoms with Gasteiger partial charge in [0.15, 0.2) is 0 Å². The van der Waals surface area contributed by atoms with E-state index >= 15 is 0 Å². The van der Waals surface area contributed by atoms with Gasteiger partial charge in [-0.25, -0.2) is 8.42 Å². The number of nitrogens with zero attached hydrogens (tertiary/aromatic N) is 2. The average molecular weight is 456 g/mol. The largest absolute Gasteiger partial charge is 0.379 e. The molecule has 1 atom stereocenters. The first kappa shape index (κ1) is 20.1. The second kappa shape index (κ2) is 8.14. The zero-order valence-corrected chi connectivity index (χ0v) is 17.6. The summed E-state index contributed by atoms with van der Waals surface area (Å²) < 4.78 is 34.6. The standard InChI is InChI=1S/C18H22BrN3O4S/c1-13(14-3-5-15(19)6-4-14)20-18(23)17-11-16(12-21(17)2)27(24,25)22-7-9-26-10-8-22/h3-6,11-13H,7-10H2,1-2H3,(H,20,23). The fourth-order valence-electron chi connectivity index (χ4n) is 2.94. The molecule has 1 aliphatic rings. The highest BCUT2D eigenvalue weighted by atomic mass is 79.9. The molecule has 7 nitrogen and oxygen atoms in total. The predicted octanol–water partition coefficient (Wildman–Crippen LogP) is 2.30. The molecule has 1 N–H and O–H groups in total. The maximum atomic E-state index is 12.8. The van der Waals surface area contributed by atoms with E-state index in [9.17, 15) is 13.2 Å². The number of rotatable bonds is 5. The van der Waals surface area contributed by atoms with E-state index in [1.807, 2.05) is 31.2 Å². The van der Waals surface area contributed by atoms with E-state index in [0.29, 0.717) is 32.0 Å². The molecule has 146 valence electrons. The van der Waals surface area contributed by atoms with Gasteiger partial charge < -0.3 is 14.6 Å². The number of carbonyl (C=O) groups excluding carboxylic acids is 1. The van der Waals surface area contributed by atoms with Gasteiger partial charge in [-0.3, -0.25) is 4.79 Å². The van der Waals surface area contributed by atoms with Crippen LogP contribution in [0.4, 0.5) is 0 Å². The van der Waals surface area contributed by atoms with Crippen LogP contribution in [0, 0.1) is 0 Å². The van der Waals surface area contributed by atoms with Crippen LogP contribution in [0.2, 0.25) is 0 Å². The summed E-state index contributed by atoms with van der Waals surface area (Å²) in [5.74, 6) is -0.323. The van der Waals surface area contributed by atoms with Gasteiger partial charge in [0.1, 0.15) is 10.6 Å². The fraction of sp³-hybridized carbons (Fsp3) is 0.389. The summed E-state index contributed by atoms with van der Waals surface area (Å²) in [6, 6.07) is 8.89. The van der Waals surface area contributed by atoms with Crippen LogP contribution in [0.3, 0.4) is 0 Å². The van der Waals surface area contributed by atoms with Crippen molar-refractivity contribution in [3.05, 3.63) is 52.3 Å². The Morgan fingerprint density at radius 3 is 2.48 bits per heavy atom. The first-order valence-electron chi connectivity index (χ1n) is 8.59. The van der Waals surface area contributed by atoms with Gasteiger partial charge in [0.25, 0.3) is 5.91 Å². The summed E-state index contributed by atoms with van der Waals surface area (Å²) in [7, 11) is -1.97. The van der Waals surface area contributed by atoms with Gasteiger partial charge in [-0.05, 0) is 30.7 Å². The van der Waals surface area contributed by atoms with Crippen molar-refractivity contribution >= 4 is 31.9 Å². The van der Waals surface area contributed by atoms with Crippen LogP contribution >= 0.6 is 15.9 Å². The Labute approximate surface area is 167 Å². The summed E-state index contributed by atoms with van der Waals surface area (Å²) in [4.78, 5) is 12.8. The highest BCUT2D eigenvalue weighted by Crippen LogP contribution is 2.21. The van der Waals surface area contributed by atoms with E-state index in [0.717, 1.165) is 10.0 Å². The molecule has 0 bridgehead atoms. The van der Waals surface area contributed by atoms with Gasteiger partial charge in [-0.2, -0.15) is 4.31 Å². The van der Waals surface area contributed by atoms with Crippen molar-refractivity contribution in [3.8, 4) is 0 Å². The predicted molar refractivity (Wildman–Crippen MR) is 105 cm³/mol. The Morgan fingerprint density at radius 2 is 1.85 bits per heavy atom. The molecule has 0 radical (unpaired) electrons. The van der Waals surface area contributed by atoms with E-state index in [1.165, 1.54) is 21.1 Å². The molecule has 1 aliphatic heterocycles. The van der Waals surface area contributed by atoms with Crippen LogP contribution in [0.5, 0.6) is 0 Å². The SMILES string of the molecule is CC(NC(=O)c1cc(S(=O)(=O)N2CCOCC2)cn1C)c1ccc(Br)cc1. The minimum absolute atomic E-state index is 0.119. The third-order valence-electron chi connectivity index (χ3n) is 4.54. The van der Waals surface area contributed by atoms with Crippen molar-refractivity contribution in [1.82, 2.24) is 14.2 Å². The summed E-state index contributed by atoms with van der Waals surface area (Å²) in [6.07, 6.45) is 1.48. The number of hydrogen-bond donors (Lipinski definition) is 1. The van der Waals surface area contributed by atoms with Gasteiger partial charge in [0, 0.05) is 30.8 Å². The summed E-state index contributed by atoms with van der Waals surface area (Å²) in [5.41, 5.74) is 1.26. The fourth-order valence-corrected chi connectivity index (χ4v) is 4.69. The Morgan fingerprint density at radius 1 is 1.22 bits per heavy atom. The number of ether oxygens (including phenoxy) is 1. The van der Waals surface area contributed by atoms with Crippen molar-refractivity contribution in [2.45, 2.75) is 17.9 Å². The minimum atomic E-state index is -3.64. The smallest absolute Gasteiger partial charge is 0.268 e. The molecular weight excluding hydrogens is 434 g/mol. The van der Waals surface area contributed by atoms with E-state index in [2.05, 4.69) is 21.2 Å². The zero-order chi connectivity index (χ0) is 19.6. The third kappa shape index (κ3) is 4.43. The molecule has 2 aromatic rings. The molecular formula is C18H22BrN3O4S. The molecule has 1 unspecified atom stereocenters. The molecule has 27 heavy (non-hydrogen) atoms. The van der Waals surface area contributed by atoms with Crippen molar-refractivity contribution < 1.29 is 17.9 Å². The molecule has 1 aromatic carbocycles. The summed E-state index contributed by atoms with van der Waals surface area (Å²) in [5, 5.41) is 2.91. The lowest BCUT2D eigenvalue weighted by Crippen LogP contribution is -2.40. The Bertz CT molecular complexity index is 919. The number of amides is 1. The van der Waals surface area contributed by atoms with Crippen LogP contribution in [0.15, 0.2) is 45.9 Å². The molecule has 2 heterocycles. The molecule has 1 aromatic heterocycles. The first-order chi connectivity index (χ1) is 12.8. The number of nitrogens with one attached hydrogen (secondary N) is 1. The quantitative estimate of drug-likeness (QED) is 0.749. The molecule has 1 saturated heterocycles. The second-order valence-corrected chi connectivity index (χ2v) is 9.29. The normalized spacial score (nSPS) is 16.9. The highest BCUT2D eigenvalue weighted by Gasteiger charge is 2.29. The molecule has 9 heteroatoms. The van der Waals surface area contributed by atoms with Gasteiger partial charge in [-0.1, -0.05) is 28.1 Å². The van der Waals surface area contributed by atoms with Crippen molar-refractivity contribution in [1.29, 1.82) is 0 Å². The molecule has 1 fully saturated rings. The van der Waals surface area contributed by atoms with Crippen LogP contribution in [-0.4, -0.2) is 49.5 Å². The number of sulfonamides is 1. The molecule has 0 saturated carbocycles. The van der Waals surface area contributed by atoms with Crippen LogP contribution in [-0.2, 0) is 21.8 Å². The van der Waals surface area contributed by atoms with Crippen LogP contribution in [0.25, 0.3) is 0 Å². The Balaban J connectivity index is 1.77. The van der Waals surface area contributed by atoms with Gasteiger partial charge in [0.05, 0.1) is 19.3 Å². The minimum Gasteiger partial charge on any atom is -0.379 e. The molecule has 0 spiro atoms. The highest BCUT2D eigenvalue weighted by molar-refractivity contribution is 9.10. The van der Waals surface area contributed by atoms with Gasteiger partial charge >= 0.3 is 0 Å². The van der Waals surface area contributed by atoms with Gasteiger partial charge in [0.2, 0.25) is 10.0 Å². The maximum absolute atomic E-state index is 12.8. The maximum Gasteiger partial charge on any atom is 0.268 e.